The van der Waals surface area contributed by atoms with Gasteiger partial charge in [0, 0.05) is 31.1 Å². The maximum atomic E-state index is 12.9. The maximum absolute atomic E-state index is 12.9. The van der Waals surface area contributed by atoms with Crippen LogP contribution in [0, 0.1) is 0 Å². The summed E-state index contributed by atoms with van der Waals surface area (Å²) in [6.07, 6.45) is 3.02. The number of carboxylic acid groups (broad SMARTS) is 1. The Morgan fingerprint density at radius 3 is 2.03 bits per heavy atom. The Kier molecular flexibility index (Phi) is 6.32. The van der Waals surface area contributed by atoms with E-state index in [1.54, 1.807) is 41.3 Å². The maximum Gasteiger partial charge on any atom is 0.335 e. The summed E-state index contributed by atoms with van der Waals surface area (Å²) in [4.78, 5) is 37.2. The predicted molar refractivity (Wildman–Crippen MR) is 111 cm³/mol. The SMILES string of the molecule is CCC(=O)N[C@H]1CCC(N(C)C(=O)c2ccc(-c3ccc(C(=O)O)cc3)cc2)C1. The summed E-state index contributed by atoms with van der Waals surface area (Å²) in [5.74, 6) is -0.939. The Hall–Kier alpha value is -3.15. The van der Waals surface area contributed by atoms with Gasteiger partial charge in [0.2, 0.25) is 5.91 Å². The average molecular weight is 394 g/mol. The fourth-order valence-electron chi connectivity index (χ4n) is 3.75. The van der Waals surface area contributed by atoms with Crippen LogP contribution in [-0.4, -0.2) is 46.9 Å². The van der Waals surface area contributed by atoms with Crippen molar-refractivity contribution in [3.63, 3.8) is 0 Å². The highest BCUT2D eigenvalue weighted by atomic mass is 16.4. The van der Waals surface area contributed by atoms with Crippen LogP contribution in [0.1, 0.15) is 53.3 Å². The largest absolute Gasteiger partial charge is 0.478 e. The topological polar surface area (TPSA) is 86.7 Å². The number of rotatable bonds is 6. The van der Waals surface area contributed by atoms with Gasteiger partial charge in [0.1, 0.15) is 0 Å². The lowest BCUT2D eigenvalue weighted by atomic mass is 10.0. The fraction of sp³-hybridized carbons (Fsp3) is 0.348. The fourth-order valence-corrected chi connectivity index (χ4v) is 3.75. The lowest BCUT2D eigenvalue weighted by Crippen LogP contribution is -2.38. The molecule has 0 bridgehead atoms. The molecule has 1 aliphatic rings. The van der Waals surface area contributed by atoms with E-state index in [2.05, 4.69) is 5.32 Å². The number of carboxylic acids is 1. The van der Waals surface area contributed by atoms with E-state index in [0.29, 0.717) is 12.0 Å². The molecular formula is C23H26N2O4. The van der Waals surface area contributed by atoms with Gasteiger partial charge >= 0.3 is 5.97 Å². The van der Waals surface area contributed by atoms with Gasteiger partial charge in [-0.15, -0.1) is 0 Å². The van der Waals surface area contributed by atoms with E-state index in [1.165, 1.54) is 0 Å². The van der Waals surface area contributed by atoms with E-state index in [0.717, 1.165) is 30.4 Å². The first-order chi connectivity index (χ1) is 13.9. The molecule has 2 atom stereocenters. The number of hydrogen-bond acceptors (Lipinski definition) is 3. The minimum Gasteiger partial charge on any atom is -0.478 e. The van der Waals surface area contributed by atoms with Crippen LogP contribution in [0.15, 0.2) is 48.5 Å². The number of benzene rings is 2. The number of carbonyl (C=O) groups is 3. The minimum absolute atomic E-state index is 0.0368. The molecule has 0 heterocycles. The molecule has 0 aromatic heterocycles. The summed E-state index contributed by atoms with van der Waals surface area (Å²) in [6.45, 7) is 1.83. The van der Waals surface area contributed by atoms with Gasteiger partial charge in [-0.05, 0) is 54.7 Å². The second-order valence-electron chi connectivity index (χ2n) is 7.46. The van der Waals surface area contributed by atoms with Gasteiger partial charge in [0.05, 0.1) is 5.56 Å². The first-order valence-electron chi connectivity index (χ1n) is 9.89. The highest BCUT2D eigenvalue weighted by molar-refractivity contribution is 5.95. The summed E-state index contributed by atoms with van der Waals surface area (Å²) in [5, 5.41) is 12.0. The minimum atomic E-state index is -0.955. The average Bonchev–Trinajstić information content (AvgIpc) is 3.21. The van der Waals surface area contributed by atoms with Crippen molar-refractivity contribution in [3.05, 3.63) is 59.7 Å². The van der Waals surface area contributed by atoms with E-state index in [-0.39, 0.29) is 29.5 Å². The summed E-state index contributed by atoms with van der Waals surface area (Å²) in [6, 6.07) is 14.2. The lowest BCUT2D eigenvalue weighted by molar-refractivity contribution is -0.121. The van der Waals surface area contributed by atoms with Gasteiger partial charge in [0.15, 0.2) is 0 Å². The van der Waals surface area contributed by atoms with Crippen molar-refractivity contribution in [2.24, 2.45) is 0 Å². The Labute approximate surface area is 170 Å². The highest BCUT2D eigenvalue weighted by Gasteiger charge is 2.30. The smallest absolute Gasteiger partial charge is 0.335 e. The molecule has 0 spiro atoms. The van der Waals surface area contributed by atoms with Crippen molar-refractivity contribution in [1.29, 1.82) is 0 Å². The molecule has 6 nitrogen and oxygen atoms in total. The number of aromatic carboxylic acids is 1. The van der Waals surface area contributed by atoms with E-state index in [9.17, 15) is 14.4 Å². The van der Waals surface area contributed by atoms with Crippen LogP contribution in [0.5, 0.6) is 0 Å². The predicted octanol–water partition coefficient (Wildman–Crippen LogP) is 3.57. The third kappa shape index (κ3) is 4.83. The molecule has 0 saturated heterocycles. The number of nitrogens with zero attached hydrogens (tertiary/aromatic N) is 1. The van der Waals surface area contributed by atoms with Crippen LogP contribution >= 0.6 is 0 Å². The molecule has 152 valence electrons. The molecule has 2 aromatic carbocycles. The molecule has 29 heavy (non-hydrogen) atoms. The van der Waals surface area contributed by atoms with Gasteiger partial charge < -0.3 is 15.3 Å². The van der Waals surface area contributed by atoms with Crippen LogP contribution in [0.3, 0.4) is 0 Å². The number of carbonyl (C=O) groups excluding carboxylic acids is 2. The molecule has 0 aliphatic heterocycles. The molecule has 2 N–H and O–H groups in total. The van der Waals surface area contributed by atoms with Gasteiger partial charge in [0.25, 0.3) is 5.91 Å². The lowest BCUT2D eigenvalue weighted by Gasteiger charge is -2.25. The Balaban J connectivity index is 1.64. The second kappa shape index (κ2) is 8.90. The number of nitrogens with one attached hydrogen (secondary N) is 1. The summed E-state index contributed by atoms with van der Waals surface area (Å²) in [5.41, 5.74) is 2.67. The van der Waals surface area contributed by atoms with Crippen LogP contribution < -0.4 is 5.32 Å². The van der Waals surface area contributed by atoms with Crippen molar-refractivity contribution >= 4 is 17.8 Å². The van der Waals surface area contributed by atoms with Crippen LogP contribution in [0.2, 0.25) is 0 Å². The third-order valence-corrected chi connectivity index (χ3v) is 5.56. The molecule has 1 saturated carbocycles. The van der Waals surface area contributed by atoms with Crippen molar-refractivity contribution in [2.75, 3.05) is 7.05 Å². The van der Waals surface area contributed by atoms with Gasteiger partial charge in [-0.2, -0.15) is 0 Å². The summed E-state index contributed by atoms with van der Waals surface area (Å²) < 4.78 is 0. The van der Waals surface area contributed by atoms with Gasteiger partial charge in [-0.25, -0.2) is 4.79 Å². The molecular weight excluding hydrogens is 368 g/mol. The van der Waals surface area contributed by atoms with Crippen LogP contribution in [0.4, 0.5) is 0 Å². The standard InChI is InChI=1S/C23H26N2O4/c1-3-21(26)24-19-12-13-20(14-19)25(2)22(27)17-8-4-15(5-9-17)16-6-10-18(11-7-16)23(28)29/h4-11,19-20H,3,12-14H2,1-2H3,(H,24,26)(H,28,29)/t19-,20?/m0/s1. The number of hydrogen-bond donors (Lipinski definition) is 2. The van der Waals surface area contributed by atoms with Crippen molar-refractivity contribution in [1.82, 2.24) is 10.2 Å². The molecule has 6 heteroatoms. The van der Waals surface area contributed by atoms with Crippen molar-refractivity contribution < 1.29 is 19.5 Å². The Bertz CT molecular complexity index is 890. The van der Waals surface area contributed by atoms with E-state index >= 15 is 0 Å². The summed E-state index contributed by atoms with van der Waals surface area (Å²) >= 11 is 0. The van der Waals surface area contributed by atoms with Gasteiger partial charge in [-0.3, -0.25) is 9.59 Å². The number of amides is 2. The van der Waals surface area contributed by atoms with Crippen molar-refractivity contribution in [3.8, 4) is 11.1 Å². The Morgan fingerprint density at radius 1 is 0.966 bits per heavy atom. The molecule has 1 fully saturated rings. The molecule has 1 unspecified atom stereocenters. The molecule has 2 amide bonds. The van der Waals surface area contributed by atoms with E-state index < -0.39 is 5.97 Å². The normalized spacial score (nSPS) is 18.3. The second-order valence-corrected chi connectivity index (χ2v) is 7.46. The monoisotopic (exact) mass is 394 g/mol. The zero-order chi connectivity index (χ0) is 21.0. The van der Waals surface area contributed by atoms with E-state index in [1.807, 2.05) is 26.1 Å². The first kappa shape index (κ1) is 20.6. The molecule has 3 rings (SSSR count). The third-order valence-electron chi connectivity index (χ3n) is 5.56. The van der Waals surface area contributed by atoms with Gasteiger partial charge in [-0.1, -0.05) is 31.2 Å². The highest BCUT2D eigenvalue weighted by Crippen LogP contribution is 2.26. The van der Waals surface area contributed by atoms with E-state index in [4.69, 9.17) is 5.11 Å². The first-order valence-corrected chi connectivity index (χ1v) is 9.89. The molecule has 2 aromatic rings. The Morgan fingerprint density at radius 2 is 1.52 bits per heavy atom. The van der Waals surface area contributed by atoms with Crippen LogP contribution in [-0.2, 0) is 4.79 Å². The van der Waals surface area contributed by atoms with Crippen molar-refractivity contribution in [2.45, 2.75) is 44.7 Å². The quantitative estimate of drug-likeness (QED) is 0.784. The summed E-state index contributed by atoms with van der Waals surface area (Å²) in [7, 11) is 1.82. The zero-order valence-corrected chi connectivity index (χ0v) is 16.7. The molecule has 0 radical (unpaired) electrons. The van der Waals surface area contributed by atoms with Crippen LogP contribution in [0.25, 0.3) is 11.1 Å². The molecule has 1 aliphatic carbocycles. The zero-order valence-electron chi connectivity index (χ0n) is 16.7.